The van der Waals surface area contributed by atoms with Crippen molar-refractivity contribution in [3.05, 3.63) is 36.4 Å². The molecule has 3 rings (SSSR count). The molecule has 0 unspecified atom stereocenters. The lowest BCUT2D eigenvalue weighted by atomic mass is 10.2. The van der Waals surface area contributed by atoms with Crippen molar-refractivity contribution < 1.29 is 4.39 Å². The van der Waals surface area contributed by atoms with Crippen molar-refractivity contribution in [3.63, 3.8) is 0 Å². The van der Waals surface area contributed by atoms with Crippen molar-refractivity contribution in [2.24, 2.45) is 0 Å². The molecule has 0 spiro atoms. The maximum Gasteiger partial charge on any atom is 0.181 e. The summed E-state index contributed by atoms with van der Waals surface area (Å²) in [6.07, 6.45) is 4.12. The molecule has 0 N–H and O–H groups in total. The van der Waals surface area contributed by atoms with Gasteiger partial charge in [-0.1, -0.05) is 0 Å². The fourth-order valence-electron chi connectivity index (χ4n) is 1.52. The third kappa shape index (κ3) is 1.63. The molecule has 1 aliphatic rings. The van der Waals surface area contributed by atoms with Crippen LogP contribution in [0.15, 0.2) is 30.6 Å². The van der Waals surface area contributed by atoms with E-state index in [9.17, 15) is 4.39 Å². The molecular formula is C11H10FN3. The Labute approximate surface area is 86.6 Å². The van der Waals surface area contributed by atoms with Crippen LogP contribution < -0.4 is 0 Å². The van der Waals surface area contributed by atoms with Crippen molar-refractivity contribution in [2.45, 2.75) is 18.9 Å². The first-order valence-electron chi connectivity index (χ1n) is 5.00. The second-order valence-electron chi connectivity index (χ2n) is 3.79. The smallest absolute Gasteiger partial charge is 0.181 e. The van der Waals surface area contributed by atoms with Crippen LogP contribution in [0.2, 0.25) is 0 Å². The fourth-order valence-corrected chi connectivity index (χ4v) is 1.52. The normalized spacial score (nSPS) is 15.5. The highest BCUT2D eigenvalue weighted by Crippen LogP contribution is 2.34. The van der Waals surface area contributed by atoms with Crippen LogP contribution in [0.5, 0.6) is 0 Å². The summed E-state index contributed by atoms with van der Waals surface area (Å²) in [6, 6.07) is 6.77. The number of hydrogen-bond donors (Lipinski definition) is 0. The summed E-state index contributed by atoms with van der Waals surface area (Å²) in [5.41, 5.74) is 0.857. The van der Waals surface area contributed by atoms with Gasteiger partial charge in [0.1, 0.15) is 12.1 Å². The highest BCUT2D eigenvalue weighted by Gasteiger charge is 2.24. The summed E-state index contributed by atoms with van der Waals surface area (Å²) in [5, 5.41) is 4.36. The quantitative estimate of drug-likeness (QED) is 0.750. The number of aromatic nitrogens is 3. The molecule has 3 nitrogen and oxygen atoms in total. The maximum absolute atomic E-state index is 12.7. The molecule has 0 saturated heterocycles. The van der Waals surface area contributed by atoms with Crippen LogP contribution in [0.3, 0.4) is 0 Å². The van der Waals surface area contributed by atoms with Gasteiger partial charge in [-0.15, -0.1) is 0 Å². The Morgan fingerprint density at radius 1 is 1.20 bits per heavy atom. The summed E-state index contributed by atoms with van der Waals surface area (Å²) in [5.74, 6) is 0.433. The predicted octanol–water partition coefficient (Wildman–Crippen LogP) is 2.42. The summed E-state index contributed by atoms with van der Waals surface area (Å²) >= 11 is 0. The van der Waals surface area contributed by atoms with Gasteiger partial charge in [0.25, 0.3) is 0 Å². The van der Waals surface area contributed by atoms with Gasteiger partial charge in [0.15, 0.2) is 5.82 Å². The first-order chi connectivity index (χ1) is 7.33. The highest BCUT2D eigenvalue weighted by atomic mass is 19.1. The minimum atomic E-state index is -0.236. The molecule has 1 heterocycles. The number of rotatable bonds is 2. The Bertz CT molecular complexity index is 471. The van der Waals surface area contributed by atoms with Crippen molar-refractivity contribution in [3.8, 4) is 11.4 Å². The molecule has 4 heteroatoms. The van der Waals surface area contributed by atoms with Gasteiger partial charge in [0.05, 0.1) is 6.04 Å². The monoisotopic (exact) mass is 203 g/mol. The van der Waals surface area contributed by atoms with Crippen LogP contribution in [-0.2, 0) is 0 Å². The lowest BCUT2D eigenvalue weighted by molar-refractivity contribution is 0.627. The topological polar surface area (TPSA) is 30.7 Å². The minimum absolute atomic E-state index is 0.236. The van der Waals surface area contributed by atoms with Crippen LogP contribution in [0.25, 0.3) is 11.4 Å². The average Bonchev–Trinajstić information content (AvgIpc) is 2.99. The van der Waals surface area contributed by atoms with E-state index in [1.807, 2.05) is 4.68 Å². The molecule has 2 aromatic rings. The molecule has 1 aliphatic carbocycles. The molecule has 76 valence electrons. The maximum atomic E-state index is 12.7. The largest absolute Gasteiger partial charge is 0.249 e. The SMILES string of the molecule is Fc1ccc(-c2ncn(C3CC3)n2)cc1. The molecule has 1 aromatic carbocycles. The summed E-state index contributed by atoms with van der Waals surface area (Å²) in [4.78, 5) is 4.21. The van der Waals surface area contributed by atoms with Gasteiger partial charge in [-0.3, -0.25) is 0 Å². The zero-order valence-corrected chi connectivity index (χ0v) is 8.10. The van der Waals surface area contributed by atoms with Gasteiger partial charge in [-0.2, -0.15) is 5.10 Å². The van der Waals surface area contributed by atoms with Gasteiger partial charge >= 0.3 is 0 Å². The van der Waals surface area contributed by atoms with E-state index in [1.54, 1.807) is 18.5 Å². The highest BCUT2D eigenvalue weighted by molar-refractivity contribution is 5.53. The molecule has 0 radical (unpaired) electrons. The Balaban J connectivity index is 1.93. The van der Waals surface area contributed by atoms with E-state index in [2.05, 4.69) is 10.1 Å². The Morgan fingerprint density at radius 2 is 1.93 bits per heavy atom. The van der Waals surface area contributed by atoms with Gasteiger partial charge in [0, 0.05) is 5.56 Å². The van der Waals surface area contributed by atoms with Crippen molar-refractivity contribution >= 4 is 0 Å². The molecule has 0 atom stereocenters. The van der Waals surface area contributed by atoms with Gasteiger partial charge in [0.2, 0.25) is 0 Å². The number of halogens is 1. The summed E-state index contributed by atoms with van der Waals surface area (Å²) in [7, 11) is 0. The zero-order chi connectivity index (χ0) is 10.3. The first kappa shape index (κ1) is 8.59. The van der Waals surface area contributed by atoms with E-state index in [-0.39, 0.29) is 5.82 Å². The number of benzene rings is 1. The fraction of sp³-hybridized carbons (Fsp3) is 0.273. The molecule has 0 aliphatic heterocycles. The van der Waals surface area contributed by atoms with Crippen molar-refractivity contribution in [1.29, 1.82) is 0 Å². The van der Waals surface area contributed by atoms with Crippen LogP contribution in [0, 0.1) is 5.82 Å². The first-order valence-corrected chi connectivity index (χ1v) is 5.00. The molecule has 0 bridgehead atoms. The van der Waals surface area contributed by atoms with Crippen LogP contribution in [-0.4, -0.2) is 14.8 Å². The molecular weight excluding hydrogens is 193 g/mol. The van der Waals surface area contributed by atoms with Gasteiger partial charge < -0.3 is 0 Å². The third-order valence-corrected chi connectivity index (χ3v) is 2.53. The molecule has 15 heavy (non-hydrogen) atoms. The number of nitrogens with zero attached hydrogens (tertiary/aromatic N) is 3. The lowest BCUT2D eigenvalue weighted by Gasteiger charge is -1.95. The lowest BCUT2D eigenvalue weighted by Crippen LogP contribution is -1.93. The van der Waals surface area contributed by atoms with Gasteiger partial charge in [-0.05, 0) is 37.1 Å². The molecule has 1 fully saturated rings. The summed E-state index contributed by atoms with van der Waals surface area (Å²) in [6.45, 7) is 0. The predicted molar refractivity (Wildman–Crippen MR) is 53.7 cm³/mol. The summed E-state index contributed by atoms with van der Waals surface area (Å²) < 4.78 is 14.6. The third-order valence-electron chi connectivity index (χ3n) is 2.53. The molecule has 1 saturated carbocycles. The second-order valence-corrected chi connectivity index (χ2v) is 3.79. The standard InChI is InChI=1S/C11H10FN3/c12-9-3-1-8(2-4-9)11-13-7-15(14-11)10-5-6-10/h1-4,7,10H,5-6H2. The zero-order valence-electron chi connectivity index (χ0n) is 8.10. The Morgan fingerprint density at radius 3 is 2.60 bits per heavy atom. The molecule has 1 aromatic heterocycles. The van der Waals surface area contributed by atoms with Crippen molar-refractivity contribution in [1.82, 2.24) is 14.8 Å². The van der Waals surface area contributed by atoms with E-state index in [0.29, 0.717) is 11.9 Å². The minimum Gasteiger partial charge on any atom is -0.249 e. The molecule has 0 amide bonds. The van der Waals surface area contributed by atoms with E-state index < -0.39 is 0 Å². The van der Waals surface area contributed by atoms with E-state index >= 15 is 0 Å². The average molecular weight is 203 g/mol. The van der Waals surface area contributed by atoms with E-state index in [4.69, 9.17) is 0 Å². The van der Waals surface area contributed by atoms with Crippen LogP contribution in [0.4, 0.5) is 4.39 Å². The van der Waals surface area contributed by atoms with E-state index in [0.717, 1.165) is 5.56 Å². The van der Waals surface area contributed by atoms with Crippen LogP contribution >= 0.6 is 0 Å². The second kappa shape index (κ2) is 3.15. The Hall–Kier alpha value is -1.71. The van der Waals surface area contributed by atoms with E-state index in [1.165, 1.54) is 25.0 Å². The Kier molecular flexibility index (Phi) is 1.80. The van der Waals surface area contributed by atoms with Crippen molar-refractivity contribution in [2.75, 3.05) is 0 Å². The van der Waals surface area contributed by atoms with Crippen LogP contribution in [0.1, 0.15) is 18.9 Å². The number of hydrogen-bond acceptors (Lipinski definition) is 2. The van der Waals surface area contributed by atoms with Gasteiger partial charge in [-0.25, -0.2) is 14.1 Å².